The molecule has 2 rings (SSSR count). The van der Waals surface area contributed by atoms with Crippen molar-refractivity contribution in [2.75, 3.05) is 0 Å². The third kappa shape index (κ3) is 3.47. The van der Waals surface area contributed by atoms with Crippen LogP contribution in [0.2, 0.25) is 5.02 Å². The summed E-state index contributed by atoms with van der Waals surface area (Å²) in [7, 11) is 0. The van der Waals surface area contributed by atoms with Gasteiger partial charge in [0, 0.05) is 11.1 Å². The van der Waals surface area contributed by atoms with Crippen LogP contribution in [0.1, 0.15) is 18.4 Å². The molecule has 1 aromatic carbocycles. The van der Waals surface area contributed by atoms with Crippen LogP contribution in [0, 0.1) is 17.2 Å². The van der Waals surface area contributed by atoms with Crippen LogP contribution in [0.25, 0.3) is 0 Å². The van der Waals surface area contributed by atoms with Crippen LogP contribution in [0.5, 0.6) is 0 Å². The quantitative estimate of drug-likeness (QED) is 0.889. The lowest BCUT2D eigenvalue weighted by Gasteiger charge is -2.09. The van der Waals surface area contributed by atoms with Crippen molar-refractivity contribution < 1.29 is 4.79 Å². The van der Waals surface area contributed by atoms with Crippen molar-refractivity contribution in [3.63, 3.8) is 0 Å². The highest BCUT2D eigenvalue weighted by Gasteiger charge is 2.27. The van der Waals surface area contributed by atoms with E-state index in [0.717, 1.165) is 18.4 Å². The standard InChI is InChI=1S/C13H13ClN2O/c14-11-3-1-9(2-4-11)7-10(8-15)13(17)16-12-5-6-12/h1-4,10,12H,5-7H2,(H,16,17). The van der Waals surface area contributed by atoms with Crippen molar-refractivity contribution in [3.05, 3.63) is 34.9 Å². The van der Waals surface area contributed by atoms with Crippen molar-refractivity contribution >= 4 is 17.5 Å². The number of carbonyl (C=O) groups excluding carboxylic acids is 1. The van der Waals surface area contributed by atoms with Gasteiger partial charge >= 0.3 is 0 Å². The van der Waals surface area contributed by atoms with Gasteiger partial charge in [0.05, 0.1) is 6.07 Å². The number of amides is 1. The molecule has 17 heavy (non-hydrogen) atoms. The Labute approximate surface area is 105 Å². The molecule has 1 aromatic rings. The van der Waals surface area contributed by atoms with Crippen LogP contribution in [0.15, 0.2) is 24.3 Å². The maximum atomic E-state index is 11.7. The monoisotopic (exact) mass is 248 g/mol. The van der Waals surface area contributed by atoms with Crippen molar-refractivity contribution in [2.24, 2.45) is 5.92 Å². The lowest BCUT2D eigenvalue weighted by molar-refractivity contribution is -0.123. The molecule has 1 atom stereocenters. The van der Waals surface area contributed by atoms with Gasteiger partial charge in [0.2, 0.25) is 5.91 Å². The predicted octanol–water partition coefficient (Wildman–Crippen LogP) is 2.30. The Morgan fingerprint density at radius 1 is 1.47 bits per heavy atom. The largest absolute Gasteiger partial charge is 0.352 e. The molecule has 1 unspecified atom stereocenters. The van der Waals surface area contributed by atoms with Gasteiger partial charge in [-0.1, -0.05) is 23.7 Å². The lowest BCUT2D eigenvalue weighted by atomic mass is 10.00. The highest BCUT2D eigenvalue weighted by atomic mass is 35.5. The summed E-state index contributed by atoms with van der Waals surface area (Å²) in [5.41, 5.74) is 0.951. The molecule has 0 aliphatic heterocycles. The molecular formula is C13H13ClN2O. The average molecular weight is 249 g/mol. The second-order valence-electron chi connectivity index (χ2n) is 4.30. The van der Waals surface area contributed by atoms with Gasteiger partial charge in [-0.2, -0.15) is 5.26 Å². The number of nitrogens with one attached hydrogen (secondary N) is 1. The van der Waals surface area contributed by atoms with E-state index in [0.29, 0.717) is 17.5 Å². The van der Waals surface area contributed by atoms with Gasteiger partial charge in [-0.3, -0.25) is 4.79 Å². The molecule has 1 amide bonds. The number of rotatable bonds is 4. The fourth-order valence-electron chi connectivity index (χ4n) is 1.58. The minimum Gasteiger partial charge on any atom is -0.352 e. The molecule has 3 nitrogen and oxygen atoms in total. The molecule has 0 spiro atoms. The van der Waals surface area contributed by atoms with E-state index in [1.165, 1.54) is 0 Å². The summed E-state index contributed by atoms with van der Waals surface area (Å²) in [5.74, 6) is -0.776. The molecule has 0 saturated heterocycles. The Morgan fingerprint density at radius 3 is 2.65 bits per heavy atom. The summed E-state index contributed by atoms with van der Waals surface area (Å²) >= 11 is 5.78. The van der Waals surface area contributed by atoms with Gasteiger partial charge in [0.25, 0.3) is 0 Å². The highest BCUT2D eigenvalue weighted by Crippen LogP contribution is 2.20. The Hall–Kier alpha value is -1.53. The van der Waals surface area contributed by atoms with Gasteiger partial charge in [-0.25, -0.2) is 0 Å². The van der Waals surface area contributed by atoms with Crippen molar-refractivity contribution in [2.45, 2.75) is 25.3 Å². The highest BCUT2D eigenvalue weighted by molar-refractivity contribution is 6.30. The van der Waals surface area contributed by atoms with Crippen LogP contribution in [0.4, 0.5) is 0 Å². The molecule has 1 aliphatic rings. The molecule has 0 heterocycles. The summed E-state index contributed by atoms with van der Waals surface area (Å²) in [6, 6.07) is 9.57. The van der Waals surface area contributed by atoms with Gasteiger partial charge in [-0.05, 0) is 37.0 Å². The first kappa shape index (κ1) is 11.9. The van der Waals surface area contributed by atoms with Crippen molar-refractivity contribution in [1.82, 2.24) is 5.32 Å². The second kappa shape index (κ2) is 5.20. The first-order valence-electron chi connectivity index (χ1n) is 5.63. The maximum Gasteiger partial charge on any atom is 0.237 e. The molecule has 0 bridgehead atoms. The summed E-state index contributed by atoms with van der Waals surface area (Å²) in [5, 5.41) is 12.5. The lowest BCUT2D eigenvalue weighted by Crippen LogP contribution is -2.32. The first-order valence-corrected chi connectivity index (χ1v) is 6.01. The SMILES string of the molecule is N#CC(Cc1ccc(Cl)cc1)C(=O)NC1CC1. The summed E-state index contributed by atoms with van der Waals surface area (Å²) in [4.78, 5) is 11.7. The fraction of sp³-hybridized carbons (Fsp3) is 0.385. The van der Waals surface area contributed by atoms with Crippen LogP contribution < -0.4 is 5.32 Å². The molecule has 1 N–H and O–H groups in total. The summed E-state index contributed by atoms with van der Waals surface area (Å²) in [6.45, 7) is 0. The van der Waals surface area contributed by atoms with Gasteiger partial charge in [-0.15, -0.1) is 0 Å². The van der Waals surface area contributed by atoms with Crippen LogP contribution in [0.3, 0.4) is 0 Å². The first-order chi connectivity index (χ1) is 8.19. The second-order valence-corrected chi connectivity index (χ2v) is 4.73. The van der Waals surface area contributed by atoms with Crippen LogP contribution in [-0.2, 0) is 11.2 Å². The van der Waals surface area contributed by atoms with Crippen LogP contribution >= 0.6 is 11.6 Å². The van der Waals surface area contributed by atoms with Crippen molar-refractivity contribution in [1.29, 1.82) is 5.26 Å². The van der Waals surface area contributed by atoms with E-state index in [2.05, 4.69) is 11.4 Å². The number of benzene rings is 1. The Bertz CT molecular complexity index is 445. The molecule has 1 saturated carbocycles. The van der Waals surface area contributed by atoms with Gasteiger partial charge in [0.1, 0.15) is 5.92 Å². The number of hydrogen-bond acceptors (Lipinski definition) is 2. The Balaban J connectivity index is 1.96. The van der Waals surface area contributed by atoms with E-state index in [9.17, 15) is 4.79 Å². The van der Waals surface area contributed by atoms with Crippen LogP contribution in [-0.4, -0.2) is 11.9 Å². The van der Waals surface area contributed by atoms with E-state index in [1.807, 2.05) is 12.1 Å². The van der Waals surface area contributed by atoms with E-state index in [1.54, 1.807) is 12.1 Å². The van der Waals surface area contributed by atoms with Gasteiger partial charge < -0.3 is 5.32 Å². The van der Waals surface area contributed by atoms with E-state index < -0.39 is 5.92 Å². The molecule has 4 heteroatoms. The predicted molar refractivity (Wildman–Crippen MR) is 65.4 cm³/mol. The molecule has 1 fully saturated rings. The average Bonchev–Trinajstić information content (AvgIpc) is 3.12. The van der Waals surface area contributed by atoms with E-state index >= 15 is 0 Å². The zero-order valence-corrected chi connectivity index (χ0v) is 10.1. The van der Waals surface area contributed by atoms with Gasteiger partial charge in [0.15, 0.2) is 0 Å². The minimum atomic E-state index is -0.614. The number of hydrogen-bond donors (Lipinski definition) is 1. The zero-order valence-electron chi connectivity index (χ0n) is 9.32. The third-order valence-electron chi connectivity index (χ3n) is 2.75. The minimum absolute atomic E-state index is 0.162. The normalized spacial score (nSPS) is 16.0. The fourth-order valence-corrected chi connectivity index (χ4v) is 1.71. The smallest absolute Gasteiger partial charge is 0.237 e. The number of nitrogens with zero attached hydrogens (tertiary/aromatic N) is 1. The van der Waals surface area contributed by atoms with E-state index in [4.69, 9.17) is 16.9 Å². The Kier molecular flexibility index (Phi) is 3.65. The zero-order chi connectivity index (χ0) is 12.3. The summed E-state index contributed by atoms with van der Waals surface area (Å²) < 4.78 is 0. The number of nitriles is 1. The molecule has 0 aromatic heterocycles. The molecule has 1 aliphatic carbocycles. The molecule has 0 radical (unpaired) electrons. The summed E-state index contributed by atoms with van der Waals surface area (Å²) in [6.07, 6.45) is 2.50. The molecular weight excluding hydrogens is 236 g/mol. The Morgan fingerprint density at radius 2 is 2.12 bits per heavy atom. The van der Waals surface area contributed by atoms with Crippen molar-refractivity contribution in [3.8, 4) is 6.07 Å². The number of halogens is 1. The third-order valence-corrected chi connectivity index (χ3v) is 3.00. The molecule has 88 valence electrons. The number of carbonyl (C=O) groups is 1. The van der Waals surface area contributed by atoms with E-state index in [-0.39, 0.29) is 5.91 Å². The maximum absolute atomic E-state index is 11.7. The topological polar surface area (TPSA) is 52.9 Å².